The number of carbonyl (C=O) groups excluding carboxylic acids is 2. The van der Waals surface area contributed by atoms with Gasteiger partial charge in [-0.05, 0) is 26.8 Å². The molecule has 0 aromatic heterocycles. The largest absolute Gasteiger partial charge is 0.450 e. The van der Waals surface area contributed by atoms with Crippen molar-refractivity contribution < 1.29 is 28.9 Å². The molecule has 3 aromatic carbocycles. The van der Waals surface area contributed by atoms with Gasteiger partial charge < -0.3 is 20.5 Å². The summed E-state index contributed by atoms with van der Waals surface area (Å²) in [5, 5.41) is 41.2. The minimum absolute atomic E-state index is 0.0381. The molecule has 17 nitrogen and oxygen atoms in total. The van der Waals surface area contributed by atoms with E-state index in [1.807, 2.05) is 43.3 Å². The average molecular weight is 702 g/mol. The number of aliphatic imine (C=N–C) groups is 1. The number of hydrogen-bond donors (Lipinski definition) is 2. The number of hydrogen-bond acceptors (Lipinski definition) is 13. The Morgan fingerprint density at radius 1 is 0.941 bits per heavy atom. The predicted molar refractivity (Wildman–Crippen MR) is 186 cm³/mol. The number of nitriles is 2. The normalized spacial score (nSPS) is 12.7. The van der Waals surface area contributed by atoms with Crippen LogP contribution in [0.25, 0.3) is 0 Å². The molecule has 1 aliphatic rings. The van der Waals surface area contributed by atoms with E-state index in [0.717, 1.165) is 16.2 Å². The number of ether oxygens (including phenoxy) is 2. The van der Waals surface area contributed by atoms with Crippen molar-refractivity contribution in [1.29, 1.82) is 10.5 Å². The highest BCUT2D eigenvalue weighted by molar-refractivity contribution is 5.89. The van der Waals surface area contributed by atoms with Crippen LogP contribution >= 0.6 is 0 Å². The standard InChI is InChI=1S/C13H17N3O2.C12H13N3O4.C9H9N3O2/c1-3-18-13(17)16-8-12(14)15-11-7-5-4-6-10(11)9(16)2;1-2-19-12(16)14(8-7-13)9-10-5-3-4-6-11(10)15(17)18;10-5-6-11-7-8-3-1-2-4-9(8)12(13)14/h4-7,9H,3,8H2,1-2H3,(H2,14,15);3-6H,2,8-9H2,1H3;1-4,11H,6-7H2. The Labute approximate surface area is 294 Å². The van der Waals surface area contributed by atoms with E-state index in [-0.39, 0.29) is 56.3 Å². The van der Waals surface area contributed by atoms with Crippen LogP contribution in [0.15, 0.2) is 77.8 Å². The van der Waals surface area contributed by atoms with Crippen molar-refractivity contribution in [3.05, 3.63) is 110 Å². The van der Waals surface area contributed by atoms with Crippen LogP contribution in [0.4, 0.5) is 26.7 Å². The Kier molecular flexibility index (Phi) is 17.0. The van der Waals surface area contributed by atoms with E-state index in [1.165, 1.54) is 12.1 Å². The first-order valence-corrected chi connectivity index (χ1v) is 15.6. The van der Waals surface area contributed by atoms with Gasteiger partial charge in [0.15, 0.2) is 0 Å². The molecule has 1 unspecified atom stereocenters. The Morgan fingerprint density at radius 3 is 2.10 bits per heavy atom. The van der Waals surface area contributed by atoms with Crippen LogP contribution < -0.4 is 11.1 Å². The summed E-state index contributed by atoms with van der Waals surface area (Å²) >= 11 is 0. The highest BCUT2D eigenvalue weighted by atomic mass is 16.6. The first-order valence-electron chi connectivity index (χ1n) is 15.6. The second-order valence-corrected chi connectivity index (χ2v) is 10.4. The quantitative estimate of drug-likeness (QED) is 0.115. The van der Waals surface area contributed by atoms with E-state index < -0.39 is 15.9 Å². The summed E-state index contributed by atoms with van der Waals surface area (Å²) in [5.74, 6) is 0.417. The summed E-state index contributed by atoms with van der Waals surface area (Å²) < 4.78 is 9.84. The number of amidine groups is 1. The molecular weight excluding hydrogens is 662 g/mol. The highest BCUT2D eigenvalue weighted by Gasteiger charge is 2.27. The van der Waals surface area contributed by atoms with Gasteiger partial charge in [0, 0.05) is 35.4 Å². The molecule has 1 aliphatic heterocycles. The number of nitrogens with two attached hydrogens (primary N) is 1. The first-order chi connectivity index (χ1) is 24.5. The fourth-order valence-corrected chi connectivity index (χ4v) is 4.65. The molecule has 0 radical (unpaired) electrons. The zero-order chi connectivity index (χ0) is 37.8. The first kappa shape index (κ1) is 40.6. The van der Waals surface area contributed by atoms with Gasteiger partial charge in [-0.15, -0.1) is 0 Å². The number of nitrogens with one attached hydrogen (secondary N) is 1. The van der Waals surface area contributed by atoms with Crippen LogP contribution in [0.3, 0.4) is 0 Å². The van der Waals surface area contributed by atoms with Crippen LogP contribution in [-0.2, 0) is 22.6 Å². The number of benzene rings is 3. The summed E-state index contributed by atoms with van der Waals surface area (Å²) in [6, 6.07) is 23.9. The van der Waals surface area contributed by atoms with Crippen molar-refractivity contribution >= 4 is 35.1 Å². The smallest absolute Gasteiger partial charge is 0.410 e. The number of carbonyl (C=O) groups is 2. The number of nitro benzene ring substituents is 2. The van der Waals surface area contributed by atoms with E-state index in [2.05, 4.69) is 10.3 Å². The van der Waals surface area contributed by atoms with Gasteiger partial charge in [0.25, 0.3) is 11.4 Å². The molecule has 0 fully saturated rings. The van der Waals surface area contributed by atoms with Gasteiger partial charge >= 0.3 is 12.2 Å². The number of nitrogens with zero attached hydrogens (tertiary/aromatic N) is 7. The van der Waals surface area contributed by atoms with Gasteiger partial charge in [0.1, 0.15) is 12.4 Å². The Morgan fingerprint density at radius 2 is 1.51 bits per heavy atom. The number of amides is 2. The van der Waals surface area contributed by atoms with E-state index in [1.54, 1.807) is 55.1 Å². The molecule has 0 bridgehead atoms. The van der Waals surface area contributed by atoms with Crippen molar-refractivity contribution in [2.24, 2.45) is 10.7 Å². The van der Waals surface area contributed by atoms with Crippen LogP contribution in [-0.4, -0.2) is 70.5 Å². The summed E-state index contributed by atoms with van der Waals surface area (Å²) in [6.45, 7) is 6.49. The minimum atomic E-state index is -0.665. The monoisotopic (exact) mass is 701 g/mol. The SMILES string of the molecule is CCOC(=O)N(CC#N)Cc1ccccc1[N+](=O)[O-].CCOC(=O)N1CC(N)=Nc2ccccc2C1C.N#CCNCc1ccccc1[N+](=O)[O-]. The maximum atomic E-state index is 11.9. The van der Waals surface area contributed by atoms with Crippen molar-refractivity contribution in [2.45, 2.75) is 39.9 Å². The lowest BCUT2D eigenvalue weighted by molar-refractivity contribution is -0.385. The topological polar surface area (TPSA) is 243 Å². The molecule has 0 spiro atoms. The molecular formula is C34H39N9O8. The molecule has 2 amide bonds. The molecule has 51 heavy (non-hydrogen) atoms. The van der Waals surface area contributed by atoms with Crippen molar-refractivity contribution in [1.82, 2.24) is 15.1 Å². The fraction of sp³-hybridized carbons (Fsp3) is 0.324. The number of rotatable bonds is 10. The number of para-hydroxylation sites is 3. The molecule has 1 atom stereocenters. The van der Waals surface area contributed by atoms with Crippen molar-refractivity contribution in [3.63, 3.8) is 0 Å². The van der Waals surface area contributed by atoms with E-state index in [0.29, 0.717) is 30.1 Å². The molecule has 1 heterocycles. The molecule has 0 aliphatic carbocycles. The second-order valence-electron chi connectivity index (χ2n) is 10.4. The average Bonchev–Trinajstić information content (AvgIpc) is 3.24. The van der Waals surface area contributed by atoms with Gasteiger partial charge in [-0.2, -0.15) is 10.5 Å². The Bertz CT molecular complexity index is 1770. The maximum absolute atomic E-state index is 11.9. The van der Waals surface area contributed by atoms with E-state index >= 15 is 0 Å². The van der Waals surface area contributed by atoms with Gasteiger partial charge in [0.05, 0.1) is 66.6 Å². The predicted octanol–water partition coefficient (Wildman–Crippen LogP) is 5.49. The second kappa shape index (κ2) is 21.4. The Hall–Kier alpha value is -6.59. The minimum Gasteiger partial charge on any atom is -0.450 e. The van der Waals surface area contributed by atoms with Crippen LogP contribution in [0.2, 0.25) is 0 Å². The molecule has 3 N–H and O–H groups in total. The zero-order valence-corrected chi connectivity index (χ0v) is 28.4. The maximum Gasteiger partial charge on any atom is 0.410 e. The number of fused-ring (bicyclic) bond motifs is 1. The third-order valence-electron chi connectivity index (χ3n) is 7.00. The van der Waals surface area contributed by atoms with Crippen molar-refractivity contribution in [2.75, 3.05) is 32.8 Å². The summed E-state index contributed by atoms with van der Waals surface area (Å²) in [4.78, 5) is 51.0. The molecule has 0 saturated heterocycles. The lowest BCUT2D eigenvalue weighted by Crippen LogP contribution is -2.39. The van der Waals surface area contributed by atoms with Crippen molar-refractivity contribution in [3.8, 4) is 12.1 Å². The lowest BCUT2D eigenvalue weighted by Gasteiger charge is -2.26. The van der Waals surface area contributed by atoms with E-state index in [9.17, 15) is 29.8 Å². The van der Waals surface area contributed by atoms with E-state index in [4.69, 9.17) is 25.7 Å². The molecule has 3 aromatic rings. The molecule has 4 rings (SSSR count). The molecule has 268 valence electrons. The van der Waals surface area contributed by atoms with Crippen LogP contribution in [0, 0.1) is 42.9 Å². The molecule has 17 heteroatoms. The summed E-state index contributed by atoms with van der Waals surface area (Å²) in [5.41, 5.74) is 8.57. The van der Waals surface area contributed by atoms with Gasteiger partial charge in [-0.3, -0.25) is 30.0 Å². The fourth-order valence-electron chi connectivity index (χ4n) is 4.65. The van der Waals surface area contributed by atoms with Gasteiger partial charge in [-0.1, -0.05) is 54.6 Å². The number of nitro groups is 2. The van der Waals surface area contributed by atoms with Crippen LogP contribution in [0.5, 0.6) is 0 Å². The van der Waals surface area contributed by atoms with Crippen LogP contribution in [0.1, 0.15) is 43.5 Å². The summed E-state index contributed by atoms with van der Waals surface area (Å²) in [7, 11) is 0. The zero-order valence-electron chi connectivity index (χ0n) is 28.4. The third kappa shape index (κ3) is 12.7. The Balaban J connectivity index is 0.000000268. The highest BCUT2D eigenvalue weighted by Crippen LogP contribution is 2.32. The molecule has 0 saturated carbocycles. The van der Waals surface area contributed by atoms with Gasteiger partial charge in [0.2, 0.25) is 0 Å². The third-order valence-corrected chi connectivity index (χ3v) is 7.00. The summed E-state index contributed by atoms with van der Waals surface area (Å²) in [6.07, 6.45) is -1.03. The lowest BCUT2D eigenvalue weighted by atomic mass is 10.1. The van der Waals surface area contributed by atoms with Gasteiger partial charge in [-0.25, -0.2) is 14.6 Å².